The molecule has 0 spiro atoms. The summed E-state index contributed by atoms with van der Waals surface area (Å²) >= 11 is 0. The lowest BCUT2D eigenvalue weighted by molar-refractivity contribution is 0.497. The minimum atomic E-state index is -3.67. The van der Waals surface area contributed by atoms with Crippen LogP contribution in [0.1, 0.15) is 18.1 Å². The summed E-state index contributed by atoms with van der Waals surface area (Å²) in [4.78, 5) is 28.4. The number of nitrogens with one attached hydrogen (secondary N) is 3. The Morgan fingerprint density at radius 1 is 1.13 bits per heavy atom. The molecule has 1 aromatic carbocycles. The Morgan fingerprint density at radius 3 is 2.43 bits per heavy atom. The molecule has 0 amide bonds. The van der Waals surface area contributed by atoms with Crippen LogP contribution in [0.2, 0.25) is 0 Å². The van der Waals surface area contributed by atoms with E-state index in [-0.39, 0.29) is 10.9 Å². The molecule has 1 aliphatic heterocycles. The number of hydrogen-bond donors (Lipinski definition) is 3. The van der Waals surface area contributed by atoms with Crippen molar-refractivity contribution in [3.05, 3.63) is 37.9 Å². The van der Waals surface area contributed by atoms with Crippen molar-refractivity contribution in [1.29, 1.82) is 0 Å². The molecular weight excluding hydrogens is 320 g/mol. The lowest BCUT2D eigenvalue weighted by atomic mass is 9.95. The summed E-state index contributed by atoms with van der Waals surface area (Å²) in [5, 5.41) is 3.23. The Labute approximate surface area is 132 Å². The maximum atomic E-state index is 12.6. The second-order valence-corrected chi connectivity index (χ2v) is 8.06. The van der Waals surface area contributed by atoms with Gasteiger partial charge in [0.15, 0.2) is 0 Å². The van der Waals surface area contributed by atoms with Crippen LogP contribution in [0, 0.1) is 0 Å². The fourth-order valence-corrected chi connectivity index (χ4v) is 4.01. The van der Waals surface area contributed by atoms with Crippen molar-refractivity contribution < 1.29 is 8.42 Å². The molecule has 0 saturated heterocycles. The van der Waals surface area contributed by atoms with Crippen LogP contribution in [0.3, 0.4) is 0 Å². The summed E-state index contributed by atoms with van der Waals surface area (Å²) in [7, 11) is -0.754. The van der Waals surface area contributed by atoms with Gasteiger partial charge in [-0.3, -0.25) is 9.59 Å². The van der Waals surface area contributed by atoms with Gasteiger partial charge in [0.05, 0.1) is 15.9 Å². The summed E-state index contributed by atoms with van der Waals surface area (Å²) in [6, 6.07) is 1.55. The van der Waals surface area contributed by atoms with Gasteiger partial charge in [0.2, 0.25) is 10.0 Å². The molecule has 124 valence electrons. The third kappa shape index (κ3) is 2.50. The summed E-state index contributed by atoms with van der Waals surface area (Å²) < 4.78 is 26.4. The number of aromatic nitrogens is 2. The van der Waals surface area contributed by atoms with Gasteiger partial charge >= 0.3 is 11.1 Å². The van der Waals surface area contributed by atoms with E-state index in [1.807, 2.05) is 6.92 Å². The molecular formula is C14H18N4O4S. The van der Waals surface area contributed by atoms with Crippen molar-refractivity contribution in [1.82, 2.24) is 19.6 Å². The largest absolute Gasteiger partial charge is 0.316 e. The standard InChI is InChI=1S/C14H18N4O4S/c1-7-4-8-9(6-15-7)11(23(21,22)18(2)3)5-10-12(8)17-14(20)13(19)16-10/h5,7,15H,4,6H2,1-3H3,(H,16,19)(H,17,20). The van der Waals surface area contributed by atoms with Crippen LogP contribution in [-0.4, -0.2) is 42.8 Å². The minimum absolute atomic E-state index is 0.137. The molecule has 1 atom stereocenters. The van der Waals surface area contributed by atoms with E-state index in [2.05, 4.69) is 15.3 Å². The average molecular weight is 338 g/mol. The molecule has 3 N–H and O–H groups in total. The van der Waals surface area contributed by atoms with E-state index in [1.54, 1.807) is 0 Å². The van der Waals surface area contributed by atoms with Crippen LogP contribution in [0.4, 0.5) is 0 Å². The number of sulfonamides is 1. The molecule has 2 heterocycles. The van der Waals surface area contributed by atoms with Gasteiger partial charge in [-0.05, 0) is 30.5 Å². The monoisotopic (exact) mass is 338 g/mol. The van der Waals surface area contributed by atoms with E-state index in [0.717, 1.165) is 9.87 Å². The van der Waals surface area contributed by atoms with Gasteiger partial charge in [0.1, 0.15) is 0 Å². The van der Waals surface area contributed by atoms with Gasteiger partial charge in [0.25, 0.3) is 0 Å². The molecule has 8 nitrogen and oxygen atoms in total. The van der Waals surface area contributed by atoms with E-state index in [4.69, 9.17) is 0 Å². The first-order valence-electron chi connectivity index (χ1n) is 7.18. The third-order valence-electron chi connectivity index (χ3n) is 4.10. The molecule has 3 rings (SSSR count). The molecule has 0 fully saturated rings. The zero-order chi connectivity index (χ0) is 16.9. The Morgan fingerprint density at radius 2 is 1.78 bits per heavy atom. The predicted octanol–water partition coefficient (Wildman–Crippen LogP) is -0.499. The summed E-state index contributed by atoms with van der Waals surface area (Å²) in [6.45, 7) is 2.36. The predicted molar refractivity (Wildman–Crippen MR) is 86.1 cm³/mol. The lowest BCUT2D eigenvalue weighted by Crippen LogP contribution is -2.36. The van der Waals surface area contributed by atoms with Crippen molar-refractivity contribution >= 4 is 21.1 Å². The first kappa shape index (κ1) is 15.9. The van der Waals surface area contributed by atoms with Crippen molar-refractivity contribution in [3.63, 3.8) is 0 Å². The van der Waals surface area contributed by atoms with Gasteiger partial charge in [-0.15, -0.1) is 0 Å². The Balaban J connectivity index is 2.46. The van der Waals surface area contributed by atoms with Crippen LogP contribution < -0.4 is 16.4 Å². The maximum absolute atomic E-state index is 12.6. The van der Waals surface area contributed by atoms with Gasteiger partial charge < -0.3 is 15.3 Å². The van der Waals surface area contributed by atoms with Crippen LogP contribution in [-0.2, 0) is 23.0 Å². The molecule has 1 aliphatic rings. The Kier molecular flexibility index (Phi) is 3.66. The van der Waals surface area contributed by atoms with E-state index in [0.29, 0.717) is 29.6 Å². The van der Waals surface area contributed by atoms with Crippen molar-refractivity contribution in [2.75, 3.05) is 14.1 Å². The molecule has 0 saturated carbocycles. The second kappa shape index (κ2) is 5.29. The van der Waals surface area contributed by atoms with Crippen LogP contribution in [0.5, 0.6) is 0 Å². The summed E-state index contributed by atoms with van der Waals surface area (Å²) in [5.74, 6) is 0. The molecule has 0 bridgehead atoms. The quantitative estimate of drug-likeness (QED) is 0.639. The molecule has 9 heteroatoms. The fourth-order valence-electron chi connectivity index (χ4n) is 2.84. The number of hydrogen-bond acceptors (Lipinski definition) is 5. The molecule has 0 aliphatic carbocycles. The van der Waals surface area contributed by atoms with E-state index < -0.39 is 21.1 Å². The number of aromatic amines is 2. The SMILES string of the molecule is CC1Cc2c(c(S(=O)(=O)N(C)C)cc3[nH]c(=O)c(=O)[nH]c23)CN1. The smallest absolute Gasteiger partial charge is 0.314 e. The van der Waals surface area contributed by atoms with Crippen LogP contribution in [0.15, 0.2) is 20.6 Å². The molecule has 1 aromatic heterocycles. The molecule has 1 unspecified atom stereocenters. The molecule has 23 heavy (non-hydrogen) atoms. The van der Waals surface area contributed by atoms with Gasteiger partial charge in [-0.2, -0.15) is 0 Å². The topological polar surface area (TPSA) is 115 Å². The third-order valence-corrected chi connectivity index (χ3v) is 5.98. The fraction of sp³-hybridized carbons (Fsp3) is 0.429. The van der Waals surface area contributed by atoms with Gasteiger partial charge in [0, 0.05) is 26.7 Å². The van der Waals surface area contributed by atoms with Crippen molar-refractivity contribution in [3.8, 4) is 0 Å². The number of rotatable bonds is 2. The van der Waals surface area contributed by atoms with Gasteiger partial charge in [-0.1, -0.05) is 0 Å². The first-order valence-corrected chi connectivity index (χ1v) is 8.63. The van der Waals surface area contributed by atoms with Gasteiger partial charge in [-0.25, -0.2) is 12.7 Å². The highest BCUT2D eigenvalue weighted by Crippen LogP contribution is 2.30. The highest BCUT2D eigenvalue weighted by Gasteiger charge is 2.28. The zero-order valence-electron chi connectivity index (χ0n) is 13.1. The van der Waals surface area contributed by atoms with Crippen molar-refractivity contribution in [2.24, 2.45) is 0 Å². The minimum Gasteiger partial charge on any atom is -0.316 e. The Bertz CT molecular complexity index is 1000. The number of nitrogens with zero attached hydrogens (tertiary/aromatic N) is 1. The average Bonchev–Trinajstić information content (AvgIpc) is 2.47. The van der Waals surface area contributed by atoms with E-state index in [9.17, 15) is 18.0 Å². The van der Waals surface area contributed by atoms with E-state index in [1.165, 1.54) is 20.2 Å². The first-order chi connectivity index (χ1) is 10.7. The number of benzene rings is 1. The maximum Gasteiger partial charge on any atom is 0.314 e. The van der Waals surface area contributed by atoms with Crippen LogP contribution in [0.25, 0.3) is 11.0 Å². The normalized spacial score (nSPS) is 18.3. The highest BCUT2D eigenvalue weighted by atomic mass is 32.2. The van der Waals surface area contributed by atoms with Crippen LogP contribution >= 0.6 is 0 Å². The number of H-pyrrole nitrogens is 2. The Hall–Kier alpha value is -1.97. The highest BCUT2D eigenvalue weighted by molar-refractivity contribution is 7.89. The molecule has 2 aromatic rings. The zero-order valence-corrected chi connectivity index (χ0v) is 13.9. The summed E-state index contributed by atoms with van der Waals surface area (Å²) in [5.41, 5.74) is 0.662. The van der Waals surface area contributed by atoms with E-state index >= 15 is 0 Å². The lowest BCUT2D eigenvalue weighted by Gasteiger charge is -2.27. The second-order valence-electron chi connectivity index (χ2n) is 5.94. The molecule has 0 radical (unpaired) electrons. The number of fused-ring (bicyclic) bond motifs is 3. The van der Waals surface area contributed by atoms with Crippen molar-refractivity contribution in [2.45, 2.75) is 30.8 Å². The summed E-state index contributed by atoms with van der Waals surface area (Å²) in [6.07, 6.45) is 0.560.